The minimum atomic E-state index is -0.297. The Balaban J connectivity index is 1.63. The van der Waals surface area contributed by atoms with E-state index in [1.807, 2.05) is 67.6 Å². The van der Waals surface area contributed by atoms with E-state index in [0.717, 1.165) is 11.3 Å². The Morgan fingerprint density at radius 3 is 2.43 bits per heavy atom. The molecule has 1 heterocycles. The second-order valence-electron chi connectivity index (χ2n) is 4.95. The molecule has 0 spiro atoms. The van der Waals surface area contributed by atoms with Gasteiger partial charge >= 0.3 is 0 Å². The van der Waals surface area contributed by atoms with E-state index >= 15 is 0 Å². The quantitative estimate of drug-likeness (QED) is 0.704. The molecule has 0 aliphatic carbocycles. The lowest BCUT2D eigenvalue weighted by Crippen LogP contribution is -2.22. The van der Waals surface area contributed by atoms with E-state index in [0.29, 0.717) is 11.0 Å². The van der Waals surface area contributed by atoms with Crippen LogP contribution in [-0.4, -0.2) is 26.3 Å². The molecule has 1 unspecified atom stereocenters. The highest BCUT2D eigenvalue weighted by atomic mass is 32.2. The lowest BCUT2D eigenvalue weighted by atomic mass is 10.2. The van der Waals surface area contributed by atoms with Crippen LogP contribution in [0.25, 0.3) is 11.4 Å². The van der Waals surface area contributed by atoms with Gasteiger partial charge in [0, 0.05) is 11.3 Å². The minimum absolute atomic E-state index is 0.0766. The van der Waals surface area contributed by atoms with Gasteiger partial charge in [-0.15, -0.1) is 5.10 Å². The number of aromatic amines is 1. The van der Waals surface area contributed by atoms with Crippen molar-refractivity contribution in [2.45, 2.75) is 17.3 Å². The third-order valence-corrected chi connectivity index (χ3v) is 4.17. The molecule has 5 nitrogen and oxygen atoms in total. The second-order valence-corrected chi connectivity index (χ2v) is 6.26. The van der Waals surface area contributed by atoms with Gasteiger partial charge in [-0.1, -0.05) is 60.3 Å². The summed E-state index contributed by atoms with van der Waals surface area (Å²) in [7, 11) is 0. The lowest BCUT2D eigenvalue weighted by molar-refractivity contribution is -0.115. The van der Waals surface area contributed by atoms with Crippen LogP contribution in [0.2, 0.25) is 0 Å². The molecule has 23 heavy (non-hydrogen) atoms. The Hall–Kier alpha value is -2.60. The van der Waals surface area contributed by atoms with Crippen molar-refractivity contribution >= 4 is 23.4 Å². The molecule has 2 aromatic carbocycles. The summed E-state index contributed by atoms with van der Waals surface area (Å²) in [5.41, 5.74) is 1.75. The number of aromatic nitrogens is 3. The lowest BCUT2D eigenvalue weighted by Gasteiger charge is -2.09. The number of carbonyl (C=O) groups is 1. The predicted octanol–water partition coefficient (Wildman–Crippen LogP) is 3.59. The van der Waals surface area contributed by atoms with Gasteiger partial charge in [0.1, 0.15) is 0 Å². The smallest absolute Gasteiger partial charge is 0.237 e. The van der Waals surface area contributed by atoms with Crippen LogP contribution in [0.4, 0.5) is 5.69 Å². The first-order chi connectivity index (χ1) is 11.2. The second kappa shape index (κ2) is 7.11. The van der Waals surface area contributed by atoms with Crippen LogP contribution in [0.3, 0.4) is 0 Å². The number of nitrogens with zero attached hydrogens (tertiary/aromatic N) is 2. The molecular formula is C17H16N4OS. The summed E-state index contributed by atoms with van der Waals surface area (Å²) in [4.78, 5) is 16.6. The maximum absolute atomic E-state index is 12.2. The van der Waals surface area contributed by atoms with Gasteiger partial charge in [-0.2, -0.15) is 0 Å². The standard InChI is InChI=1S/C17H16N4OS/c1-12(16(22)18-14-10-6-3-7-11-14)23-17-19-15(20-21-17)13-8-4-2-5-9-13/h2-12H,1H3,(H,18,22)(H,19,20,21). The molecule has 1 atom stereocenters. The van der Waals surface area contributed by atoms with E-state index in [2.05, 4.69) is 20.5 Å². The number of nitrogens with one attached hydrogen (secondary N) is 2. The molecule has 0 aliphatic heterocycles. The van der Waals surface area contributed by atoms with Crippen LogP contribution in [-0.2, 0) is 4.79 Å². The van der Waals surface area contributed by atoms with Gasteiger partial charge in [0.15, 0.2) is 5.82 Å². The average molecular weight is 324 g/mol. The summed E-state index contributed by atoms with van der Waals surface area (Å²) in [5, 5.41) is 10.2. The Morgan fingerprint density at radius 1 is 1.09 bits per heavy atom. The van der Waals surface area contributed by atoms with Gasteiger partial charge in [0.25, 0.3) is 0 Å². The summed E-state index contributed by atoms with van der Waals surface area (Å²) < 4.78 is 0. The Morgan fingerprint density at radius 2 is 1.74 bits per heavy atom. The highest BCUT2D eigenvalue weighted by Crippen LogP contribution is 2.23. The van der Waals surface area contributed by atoms with Crippen molar-refractivity contribution < 1.29 is 4.79 Å². The van der Waals surface area contributed by atoms with Crippen molar-refractivity contribution in [3.8, 4) is 11.4 Å². The first-order valence-corrected chi connectivity index (χ1v) is 8.11. The maximum atomic E-state index is 12.2. The molecule has 6 heteroatoms. The monoisotopic (exact) mass is 324 g/mol. The summed E-state index contributed by atoms with van der Waals surface area (Å²) in [6, 6.07) is 19.1. The number of hydrogen-bond acceptors (Lipinski definition) is 4. The van der Waals surface area contributed by atoms with Crippen molar-refractivity contribution in [2.24, 2.45) is 0 Å². The van der Waals surface area contributed by atoms with Gasteiger partial charge in [-0.25, -0.2) is 4.98 Å². The number of amides is 1. The number of anilines is 1. The minimum Gasteiger partial charge on any atom is -0.325 e. The van der Waals surface area contributed by atoms with Gasteiger partial charge in [-0.3, -0.25) is 9.89 Å². The van der Waals surface area contributed by atoms with E-state index < -0.39 is 0 Å². The average Bonchev–Trinajstić information content (AvgIpc) is 3.05. The van der Waals surface area contributed by atoms with Crippen LogP contribution >= 0.6 is 11.8 Å². The number of carbonyl (C=O) groups excluding carboxylic acids is 1. The Bertz CT molecular complexity index is 774. The van der Waals surface area contributed by atoms with Gasteiger partial charge in [0.2, 0.25) is 11.1 Å². The van der Waals surface area contributed by atoms with Crippen molar-refractivity contribution in [2.75, 3.05) is 5.32 Å². The third-order valence-electron chi connectivity index (χ3n) is 3.20. The molecule has 0 saturated carbocycles. The Kier molecular flexibility index (Phi) is 4.73. The number of H-pyrrole nitrogens is 1. The fourth-order valence-electron chi connectivity index (χ4n) is 2.00. The maximum Gasteiger partial charge on any atom is 0.237 e. The number of hydrogen-bond donors (Lipinski definition) is 2. The summed E-state index contributed by atoms with van der Waals surface area (Å²) in [6.45, 7) is 1.83. The molecule has 116 valence electrons. The zero-order valence-electron chi connectivity index (χ0n) is 12.6. The van der Waals surface area contributed by atoms with E-state index in [4.69, 9.17) is 0 Å². The molecule has 0 bridgehead atoms. The summed E-state index contributed by atoms with van der Waals surface area (Å²) in [6.07, 6.45) is 0. The molecule has 0 radical (unpaired) electrons. The number of rotatable bonds is 5. The van der Waals surface area contributed by atoms with Gasteiger partial charge in [0.05, 0.1) is 5.25 Å². The largest absolute Gasteiger partial charge is 0.325 e. The van der Waals surface area contributed by atoms with Crippen LogP contribution in [0.15, 0.2) is 65.8 Å². The molecule has 0 saturated heterocycles. The third kappa shape index (κ3) is 3.98. The SMILES string of the molecule is CC(Sc1n[nH]c(-c2ccccc2)n1)C(=O)Nc1ccccc1. The van der Waals surface area contributed by atoms with Crippen LogP contribution < -0.4 is 5.32 Å². The van der Waals surface area contributed by atoms with E-state index in [1.54, 1.807) is 0 Å². The first kappa shape index (κ1) is 15.3. The first-order valence-electron chi connectivity index (χ1n) is 7.23. The van der Waals surface area contributed by atoms with Crippen molar-refractivity contribution in [1.82, 2.24) is 15.2 Å². The summed E-state index contributed by atoms with van der Waals surface area (Å²) >= 11 is 1.32. The van der Waals surface area contributed by atoms with Crippen molar-refractivity contribution in [3.05, 3.63) is 60.7 Å². The topological polar surface area (TPSA) is 70.7 Å². The van der Waals surface area contributed by atoms with Crippen molar-refractivity contribution in [1.29, 1.82) is 0 Å². The molecule has 0 fully saturated rings. The van der Waals surface area contributed by atoms with E-state index in [-0.39, 0.29) is 11.2 Å². The molecule has 1 amide bonds. The highest BCUT2D eigenvalue weighted by Gasteiger charge is 2.17. The van der Waals surface area contributed by atoms with Crippen LogP contribution in [0.5, 0.6) is 0 Å². The zero-order chi connectivity index (χ0) is 16.1. The fraction of sp³-hybridized carbons (Fsp3) is 0.118. The molecule has 2 N–H and O–H groups in total. The number of thioether (sulfide) groups is 1. The normalized spacial score (nSPS) is 11.9. The van der Waals surface area contributed by atoms with Crippen LogP contribution in [0.1, 0.15) is 6.92 Å². The fourth-order valence-corrected chi connectivity index (χ4v) is 2.73. The number of para-hydroxylation sites is 1. The van der Waals surface area contributed by atoms with E-state index in [9.17, 15) is 4.79 Å². The summed E-state index contributed by atoms with van der Waals surface area (Å²) in [5.74, 6) is 0.621. The molecule has 1 aromatic heterocycles. The zero-order valence-corrected chi connectivity index (χ0v) is 13.4. The highest BCUT2D eigenvalue weighted by molar-refractivity contribution is 8.00. The molecule has 0 aliphatic rings. The Labute approximate surface area is 138 Å². The molecular weight excluding hydrogens is 308 g/mol. The van der Waals surface area contributed by atoms with Gasteiger partial charge < -0.3 is 5.32 Å². The van der Waals surface area contributed by atoms with Gasteiger partial charge in [-0.05, 0) is 19.1 Å². The molecule has 3 aromatic rings. The van der Waals surface area contributed by atoms with E-state index in [1.165, 1.54) is 11.8 Å². The molecule has 3 rings (SSSR count). The van der Waals surface area contributed by atoms with Crippen LogP contribution in [0, 0.1) is 0 Å². The van der Waals surface area contributed by atoms with Crippen molar-refractivity contribution in [3.63, 3.8) is 0 Å². The number of benzene rings is 2. The predicted molar refractivity (Wildman–Crippen MR) is 92.2 cm³/mol.